The molecule has 0 heterocycles. The van der Waals surface area contributed by atoms with Crippen molar-refractivity contribution in [2.24, 2.45) is 0 Å². The Labute approximate surface area is 147 Å². The number of carbonyl (C=O) groups is 1. The van der Waals surface area contributed by atoms with E-state index in [9.17, 15) is 4.79 Å². The van der Waals surface area contributed by atoms with Gasteiger partial charge in [0.1, 0.15) is 11.5 Å². The summed E-state index contributed by atoms with van der Waals surface area (Å²) in [6, 6.07) is 12.9. The molecule has 0 radical (unpaired) electrons. The van der Waals surface area contributed by atoms with Gasteiger partial charge >= 0.3 is 0 Å². The van der Waals surface area contributed by atoms with Gasteiger partial charge < -0.3 is 14.8 Å². The van der Waals surface area contributed by atoms with Gasteiger partial charge in [0, 0.05) is 11.4 Å². The van der Waals surface area contributed by atoms with Crippen LogP contribution in [0.25, 0.3) is 0 Å². The van der Waals surface area contributed by atoms with Crippen molar-refractivity contribution in [3.63, 3.8) is 0 Å². The Bertz CT molecular complexity index is 688. The SMILES string of the molecule is CCOc1ccccc1NC(=O)CCCOc1ccc(Cl)c(C)c1. The normalized spacial score (nSPS) is 10.3. The molecule has 1 N–H and O–H groups in total. The van der Waals surface area contributed by atoms with Crippen molar-refractivity contribution in [3.05, 3.63) is 53.1 Å². The number of para-hydroxylation sites is 2. The third kappa shape index (κ3) is 5.46. The van der Waals surface area contributed by atoms with Crippen molar-refractivity contribution >= 4 is 23.2 Å². The molecule has 5 heteroatoms. The first-order chi connectivity index (χ1) is 11.6. The number of anilines is 1. The van der Waals surface area contributed by atoms with Gasteiger partial charge in [-0.3, -0.25) is 4.79 Å². The summed E-state index contributed by atoms with van der Waals surface area (Å²) in [5.41, 5.74) is 1.66. The number of nitrogens with one attached hydrogen (secondary N) is 1. The van der Waals surface area contributed by atoms with Crippen LogP contribution >= 0.6 is 11.6 Å². The Kier molecular flexibility index (Phi) is 6.94. The highest BCUT2D eigenvalue weighted by atomic mass is 35.5. The first-order valence-corrected chi connectivity index (χ1v) is 8.38. The standard InChI is InChI=1S/C19H22ClNO3/c1-3-23-18-8-5-4-7-17(18)21-19(22)9-6-12-24-15-10-11-16(20)14(2)13-15/h4-5,7-8,10-11,13H,3,6,9,12H2,1-2H3,(H,21,22). The van der Waals surface area contributed by atoms with Crippen LogP contribution < -0.4 is 14.8 Å². The van der Waals surface area contributed by atoms with Gasteiger partial charge in [-0.15, -0.1) is 0 Å². The quantitative estimate of drug-likeness (QED) is 0.695. The number of rotatable bonds is 8. The van der Waals surface area contributed by atoms with Crippen molar-refractivity contribution in [2.45, 2.75) is 26.7 Å². The minimum atomic E-state index is -0.0574. The summed E-state index contributed by atoms with van der Waals surface area (Å²) in [6.07, 6.45) is 1.01. The van der Waals surface area contributed by atoms with E-state index in [-0.39, 0.29) is 5.91 Å². The van der Waals surface area contributed by atoms with E-state index in [2.05, 4.69) is 5.32 Å². The van der Waals surface area contributed by atoms with Gasteiger partial charge in [-0.05, 0) is 56.2 Å². The van der Waals surface area contributed by atoms with Crippen molar-refractivity contribution < 1.29 is 14.3 Å². The van der Waals surface area contributed by atoms with E-state index in [0.717, 1.165) is 16.3 Å². The lowest BCUT2D eigenvalue weighted by Gasteiger charge is -2.11. The third-order valence-corrected chi connectivity index (χ3v) is 3.83. The van der Waals surface area contributed by atoms with Crippen LogP contribution in [-0.4, -0.2) is 19.1 Å². The van der Waals surface area contributed by atoms with Gasteiger partial charge in [0.25, 0.3) is 0 Å². The first-order valence-electron chi connectivity index (χ1n) is 8.00. The van der Waals surface area contributed by atoms with Crippen LogP contribution in [0.4, 0.5) is 5.69 Å². The van der Waals surface area contributed by atoms with Crippen LogP contribution in [0.3, 0.4) is 0 Å². The maximum absolute atomic E-state index is 12.0. The molecular weight excluding hydrogens is 326 g/mol. The number of amides is 1. The largest absolute Gasteiger partial charge is 0.494 e. The Morgan fingerprint density at radius 3 is 2.71 bits per heavy atom. The third-order valence-electron chi connectivity index (χ3n) is 3.41. The van der Waals surface area contributed by atoms with E-state index in [1.165, 1.54) is 0 Å². The highest BCUT2D eigenvalue weighted by Gasteiger charge is 2.07. The molecule has 0 fully saturated rings. The molecule has 2 aromatic rings. The maximum atomic E-state index is 12.0. The predicted octanol–water partition coefficient (Wildman–Crippen LogP) is 4.84. The number of hydrogen-bond donors (Lipinski definition) is 1. The molecule has 4 nitrogen and oxygen atoms in total. The second kappa shape index (κ2) is 9.18. The minimum Gasteiger partial charge on any atom is -0.494 e. The highest BCUT2D eigenvalue weighted by Crippen LogP contribution is 2.24. The second-order valence-electron chi connectivity index (χ2n) is 5.34. The summed E-state index contributed by atoms with van der Waals surface area (Å²) in [5, 5.41) is 3.59. The zero-order chi connectivity index (χ0) is 17.4. The van der Waals surface area contributed by atoms with E-state index in [1.807, 2.05) is 56.3 Å². The van der Waals surface area contributed by atoms with E-state index in [0.29, 0.717) is 37.5 Å². The number of benzene rings is 2. The Hall–Kier alpha value is -2.20. The average molecular weight is 348 g/mol. The van der Waals surface area contributed by atoms with Crippen molar-refractivity contribution in [1.82, 2.24) is 0 Å². The Morgan fingerprint density at radius 2 is 1.96 bits per heavy atom. The topological polar surface area (TPSA) is 47.6 Å². The van der Waals surface area contributed by atoms with Crippen LogP contribution in [0, 0.1) is 6.92 Å². The van der Waals surface area contributed by atoms with Gasteiger partial charge in [-0.25, -0.2) is 0 Å². The molecule has 128 valence electrons. The Balaban J connectivity index is 1.76. The fraction of sp³-hybridized carbons (Fsp3) is 0.316. The lowest BCUT2D eigenvalue weighted by Crippen LogP contribution is -2.13. The summed E-state index contributed by atoms with van der Waals surface area (Å²) in [5.74, 6) is 1.39. The van der Waals surface area contributed by atoms with E-state index in [1.54, 1.807) is 0 Å². The number of ether oxygens (including phenoxy) is 2. The number of halogens is 1. The summed E-state index contributed by atoms with van der Waals surface area (Å²) >= 11 is 5.98. The van der Waals surface area contributed by atoms with Crippen molar-refractivity contribution in [2.75, 3.05) is 18.5 Å². The molecule has 0 aromatic heterocycles. The molecule has 2 rings (SSSR count). The molecule has 0 aliphatic heterocycles. The van der Waals surface area contributed by atoms with E-state index < -0.39 is 0 Å². The Morgan fingerprint density at radius 1 is 1.17 bits per heavy atom. The van der Waals surface area contributed by atoms with E-state index in [4.69, 9.17) is 21.1 Å². The molecule has 0 aliphatic carbocycles. The lowest BCUT2D eigenvalue weighted by atomic mass is 10.2. The van der Waals surface area contributed by atoms with Gasteiger partial charge in [-0.1, -0.05) is 23.7 Å². The molecule has 2 aromatic carbocycles. The molecule has 0 bridgehead atoms. The number of aryl methyl sites for hydroxylation is 1. The second-order valence-corrected chi connectivity index (χ2v) is 5.75. The molecule has 0 aliphatic rings. The first kappa shape index (κ1) is 18.1. The summed E-state index contributed by atoms with van der Waals surface area (Å²) in [4.78, 5) is 12.0. The van der Waals surface area contributed by atoms with Crippen LogP contribution in [0.5, 0.6) is 11.5 Å². The predicted molar refractivity (Wildman–Crippen MR) is 97.2 cm³/mol. The number of carbonyl (C=O) groups excluding carboxylic acids is 1. The lowest BCUT2D eigenvalue weighted by molar-refractivity contribution is -0.116. The molecule has 0 atom stereocenters. The molecular formula is C19H22ClNO3. The van der Waals surface area contributed by atoms with Crippen molar-refractivity contribution in [3.8, 4) is 11.5 Å². The molecule has 0 unspecified atom stereocenters. The molecule has 0 spiro atoms. The monoisotopic (exact) mass is 347 g/mol. The molecule has 0 saturated carbocycles. The molecule has 0 saturated heterocycles. The van der Waals surface area contributed by atoms with Crippen LogP contribution in [0.15, 0.2) is 42.5 Å². The minimum absolute atomic E-state index is 0.0574. The fourth-order valence-electron chi connectivity index (χ4n) is 2.19. The van der Waals surface area contributed by atoms with Crippen LogP contribution in [0.2, 0.25) is 5.02 Å². The van der Waals surface area contributed by atoms with Gasteiger partial charge in [0.2, 0.25) is 5.91 Å². The van der Waals surface area contributed by atoms with Crippen molar-refractivity contribution in [1.29, 1.82) is 0 Å². The molecule has 1 amide bonds. The fourth-order valence-corrected chi connectivity index (χ4v) is 2.31. The smallest absolute Gasteiger partial charge is 0.224 e. The summed E-state index contributed by atoms with van der Waals surface area (Å²) < 4.78 is 11.1. The van der Waals surface area contributed by atoms with Crippen LogP contribution in [0.1, 0.15) is 25.3 Å². The van der Waals surface area contributed by atoms with E-state index >= 15 is 0 Å². The van der Waals surface area contributed by atoms with Gasteiger partial charge in [0.15, 0.2) is 0 Å². The molecule has 24 heavy (non-hydrogen) atoms. The van der Waals surface area contributed by atoms with Crippen LogP contribution in [-0.2, 0) is 4.79 Å². The summed E-state index contributed by atoms with van der Waals surface area (Å²) in [6.45, 7) is 4.87. The van der Waals surface area contributed by atoms with Gasteiger partial charge in [0.05, 0.1) is 18.9 Å². The highest BCUT2D eigenvalue weighted by molar-refractivity contribution is 6.31. The zero-order valence-corrected chi connectivity index (χ0v) is 14.7. The number of hydrogen-bond acceptors (Lipinski definition) is 3. The average Bonchev–Trinajstić information content (AvgIpc) is 2.57. The van der Waals surface area contributed by atoms with Gasteiger partial charge in [-0.2, -0.15) is 0 Å². The zero-order valence-electron chi connectivity index (χ0n) is 14.0. The summed E-state index contributed by atoms with van der Waals surface area (Å²) in [7, 11) is 0. The maximum Gasteiger partial charge on any atom is 0.224 e.